The maximum atomic E-state index is 4.57. The summed E-state index contributed by atoms with van der Waals surface area (Å²) in [5.74, 6) is 0.518. The first-order valence-corrected chi connectivity index (χ1v) is 6.83. The lowest BCUT2D eigenvalue weighted by molar-refractivity contribution is 0.450. The molecule has 0 aliphatic heterocycles. The zero-order valence-electron chi connectivity index (χ0n) is 11.2. The maximum absolute atomic E-state index is 4.57. The highest BCUT2D eigenvalue weighted by Gasteiger charge is 2.25. The molecular formula is C14H23N3. The van der Waals surface area contributed by atoms with Gasteiger partial charge in [0.2, 0.25) is 0 Å². The van der Waals surface area contributed by atoms with E-state index in [1.165, 1.54) is 29.8 Å². The normalized spacial score (nSPS) is 17.8. The van der Waals surface area contributed by atoms with Crippen LogP contribution in [0.25, 0.3) is 0 Å². The molecule has 2 unspecified atom stereocenters. The second-order valence-corrected chi connectivity index (χ2v) is 4.90. The van der Waals surface area contributed by atoms with Gasteiger partial charge >= 0.3 is 0 Å². The number of likely N-dealkylation sites (N-methyl/N-ethyl adjacent to an activating group) is 1. The van der Waals surface area contributed by atoms with Crippen LogP contribution in [0.2, 0.25) is 0 Å². The number of aryl methyl sites for hydroxylation is 1. The fraction of sp³-hybridized carbons (Fsp3) is 0.714. The molecule has 2 atom stereocenters. The number of fused-ring (bicyclic) bond motifs is 1. The van der Waals surface area contributed by atoms with Crippen molar-refractivity contribution >= 4 is 0 Å². The fourth-order valence-electron chi connectivity index (χ4n) is 2.95. The van der Waals surface area contributed by atoms with Crippen molar-refractivity contribution in [1.82, 2.24) is 15.3 Å². The van der Waals surface area contributed by atoms with Crippen molar-refractivity contribution in [1.29, 1.82) is 0 Å². The van der Waals surface area contributed by atoms with Gasteiger partial charge in [-0.1, -0.05) is 13.8 Å². The minimum Gasteiger partial charge on any atom is -0.314 e. The maximum Gasteiger partial charge on any atom is 0.115 e. The van der Waals surface area contributed by atoms with E-state index in [0.717, 1.165) is 19.4 Å². The minimum absolute atomic E-state index is 0.490. The van der Waals surface area contributed by atoms with Gasteiger partial charge in [-0.15, -0.1) is 0 Å². The molecule has 94 valence electrons. The van der Waals surface area contributed by atoms with E-state index in [1.807, 2.05) is 0 Å². The van der Waals surface area contributed by atoms with Crippen LogP contribution in [-0.4, -0.2) is 22.6 Å². The summed E-state index contributed by atoms with van der Waals surface area (Å²) in [4.78, 5) is 8.98. The van der Waals surface area contributed by atoms with Gasteiger partial charge in [0.15, 0.2) is 0 Å². The van der Waals surface area contributed by atoms with Gasteiger partial charge in [0, 0.05) is 17.7 Å². The first kappa shape index (κ1) is 12.5. The average molecular weight is 233 g/mol. The van der Waals surface area contributed by atoms with Crippen LogP contribution in [0.4, 0.5) is 0 Å². The Morgan fingerprint density at radius 2 is 2.12 bits per heavy atom. The third-order valence-electron chi connectivity index (χ3n) is 3.83. The molecule has 2 rings (SSSR count). The number of aromatic nitrogens is 2. The zero-order valence-corrected chi connectivity index (χ0v) is 11.2. The van der Waals surface area contributed by atoms with Crippen molar-refractivity contribution in [3.05, 3.63) is 23.3 Å². The van der Waals surface area contributed by atoms with Gasteiger partial charge in [-0.05, 0) is 44.7 Å². The largest absolute Gasteiger partial charge is 0.314 e. The molecule has 1 heterocycles. The Bertz CT molecular complexity index is 376. The Kier molecular flexibility index (Phi) is 4.11. The van der Waals surface area contributed by atoms with Crippen LogP contribution in [0.1, 0.15) is 56.5 Å². The predicted molar refractivity (Wildman–Crippen MR) is 70.2 cm³/mol. The molecule has 1 aromatic heterocycles. The van der Waals surface area contributed by atoms with Gasteiger partial charge in [-0.3, -0.25) is 0 Å². The van der Waals surface area contributed by atoms with Crippen LogP contribution in [0, 0.1) is 0 Å². The third-order valence-corrected chi connectivity index (χ3v) is 3.83. The van der Waals surface area contributed by atoms with Crippen LogP contribution in [0.3, 0.4) is 0 Å². The van der Waals surface area contributed by atoms with Crippen molar-refractivity contribution in [2.45, 2.75) is 58.4 Å². The molecule has 3 nitrogen and oxygen atoms in total. The van der Waals surface area contributed by atoms with Crippen LogP contribution in [0.5, 0.6) is 0 Å². The molecule has 0 fully saturated rings. The second kappa shape index (κ2) is 5.58. The highest BCUT2D eigenvalue weighted by molar-refractivity contribution is 5.32. The minimum atomic E-state index is 0.490. The van der Waals surface area contributed by atoms with E-state index in [4.69, 9.17) is 0 Å². The molecule has 0 spiro atoms. The van der Waals surface area contributed by atoms with Crippen molar-refractivity contribution < 1.29 is 0 Å². The van der Waals surface area contributed by atoms with Gasteiger partial charge in [-0.2, -0.15) is 0 Å². The molecule has 1 aromatic rings. The van der Waals surface area contributed by atoms with Gasteiger partial charge in [-0.25, -0.2) is 9.97 Å². The molecule has 3 heteroatoms. The lowest BCUT2D eigenvalue weighted by Gasteiger charge is -2.24. The molecule has 0 saturated carbocycles. The molecule has 1 aliphatic rings. The molecular weight excluding hydrogens is 210 g/mol. The first-order chi connectivity index (χ1) is 8.27. The van der Waals surface area contributed by atoms with Gasteiger partial charge in [0.05, 0.1) is 5.69 Å². The SMILES string of the molecule is CCNC(C)C(CC)c1ncnc2c1CCC2. The van der Waals surface area contributed by atoms with E-state index in [9.17, 15) is 0 Å². The Morgan fingerprint density at radius 3 is 2.82 bits per heavy atom. The molecule has 1 aliphatic carbocycles. The molecule has 0 saturated heterocycles. The summed E-state index contributed by atoms with van der Waals surface area (Å²) in [6.07, 6.45) is 6.43. The highest BCUT2D eigenvalue weighted by Crippen LogP contribution is 2.30. The summed E-state index contributed by atoms with van der Waals surface area (Å²) in [6, 6.07) is 0.490. The predicted octanol–water partition coefficient (Wildman–Crippen LogP) is 2.46. The van der Waals surface area contributed by atoms with Crippen LogP contribution in [-0.2, 0) is 12.8 Å². The monoisotopic (exact) mass is 233 g/mol. The van der Waals surface area contributed by atoms with Gasteiger partial charge < -0.3 is 5.32 Å². The summed E-state index contributed by atoms with van der Waals surface area (Å²) in [7, 11) is 0. The molecule has 0 radical (unpaired) electrons. The quantitative estimate of drug-likeness (QED) is 0.849. The molecule has 0 amide bonds. The summed E-state index contributed by atoms with van der Waals surface area (Å²) in [5.41, 5.74) is 4.02. The average Bonchev–Trinajstić information content (AvgIpc) is 2.79. The summed E-state index contributed by atoms with van der Waals surface area (Å²) >= 11 is 0. The lowest BCUT2D eigenvalue weighted by atomic mass is 9.90. The number of nitrogens with one attached hydrogen (secondary N) is 1. The lowest BCUT2D eigenvalue weighted by Crippen LogP contribution is -2.32. The van der Waals surface area contributed by atoms with E-state index < -0.39 is 0 Å². The standard InChI is InChI=1S/C14H23N3/c1-4-11(10(3)15-5-2)14-12-7-6-8-13(12)16-9-17-14/h9-11,15H,4-8H2,1-3H3. The van der Waals surface area contributed by atoms with E-state index in [1.54, 1.807) is 6.33 Å². The van der Waals surface area contributed by atoms with Crippen LogP contribution in [0.15, 0.2) is 6.33 Å². The van der Waals surface area contributed by atoms with E-state index in [-0.39, 0.29) is 0 Å². The van der Waals surface area contributed by atoms with Gasteiger partial charge in [0.25, 0.3) is 0 Å². The van der Waals surface area contributed by atoms with Gasteiger partial charge in [0.1, 0.15) is 6.33 Å². The Balaban J connectivity index is 2.28. The Labute approximate surface area is 104 Å². The van der Waals surface area contributed by atoms with Crippen LogP contribution < -0.4 is 5.32 Å². The summed E-state index contributed by atoms with van der Waals surface area (Å²) in [5, 5.41) is 3.53. The Hall–Kier alpha value is -0.960. The molecule has 0 bridgehead atoms. The highest BCUT2D eigenvalue weighted by atomic mass is 14.9. The van der Waals surface area contributed by atoms with Crippen molar-refractivity contribution in [3.63, 3.8) is 0 Å². The van der Waals surface area contributed by atoms with E-state index in [0.29, 0.717) is 12.0 Å². The summed E-state index contributed by atoms with van der Waals surface area (Å²) < 4.78 is 0. The third kappa shape index (κ3) is 2.49. The van der Waals surface area contributed by atoms with Crippen LogP contribution >= 0.6 is 0 Å². The molecule has 1 N–H and O–H groups in total. The number of nitrogens with zero attached hydrogens (tertiary/aromatic N) is 2. The fourth-order valence-corrected chi connectivity index (χ4v) is 2.95. The smallest absolute Gasteiger partial charge is 0.115 e. The van der Waals surface area contributed by atoms with E-state index >= 15 is 0 Å². The molecule has 17 heavy (non-hydrogen) atoms. The van der Waals surface area contributed by atoms with Crippen molar-refractivity contribution in [3.8, 4) is 0 Å². The van der Waals surface area contributed by atoms with E-state index in [2.05, 4.69) is 36.1 Å². The molecule has 0 aromatic carbocycles. The zero-order chi connectivity index (χ0) is 12.3. The van der Waals surface area contributed by atoms with Crippen molar-refractivity contribution in [2.24, 2.45) is 0 Å². The first-order valence-electron chi connectivity index (χ1n) is 6.83. The summed E-state index contributed by atoms with van der Waals surface area (Å²) in [6.45, 7) is 7.70. The number of rotatable bonds is 5. The number of hydrogen-bond acceptors (Lipinski definition) is 3. The topological polar surface area (TPSA) is 37.8 Å². The Morgan fingerprint density at radius 1 is 1.29 bits per heavy atom. The number of hydrogen-bond donors (Lipinski definition) is 1. The second-order valence-electron chi connectivity index (χ2n) is 4.90. The van der Waals surface area contributed by atoms with Crippen molar-refractivity contribution in [2.75, 3.05) is 6.54 Å².